The van der Waals surface area contributed by atoms with Crippen LogP contribution in [0.4, 0.5) is 0 Å². The predicted molar refractivity (Wildman–Crippen MR) is 69.0 cm³/mol. The Kier molecular flexibility index (Phi) is 11.4. The van der Waals surface area contributed by atoms with Gasteiger partial charge in [0.2, 0.25) is 0 Å². The summed E-state index contributed by atoms with van der Waals surface area (Å²) in [4.78, 5) is 0.576. The van der Waals surface area contributed by atoms with E-state index in [0.29, 0.717) is 4.83 Å². The van der Waals surface area contributed by atoms with Crippen LogP contribution in [0.15, 0.2) is 12.2 Å². The van der Waals surface area contributed by atoms with E-state index in [1.807, 2.05) is 0 Å². The number of unbranched alkanes of at least 4 members (excludes halogenated alkanes) is 4. The third-order valence-electron chi connectivity index (χ3n) is 2.02. The highest BCUT2D eigenvalue weighted by Gasteiger charge is 1.97. The van der Waals surface area contributed by atoms with Crippen LogP contribution in [0, 0.1) is 0 Å². The first-order chi connectivity index (χ1) is 6.31. The number of allylic oxidation sites excluding steroid dienone is 2. The number of alkyl halides is 2. The largest absolute Gasteiger partial charge is 0.0883 e. The van der Waals surface area contributed by atoms with Crippen LogP contribution in [-0.4, -0.2) is 10.2 Å². The van der Waals surface area contributed by atoms with Gasteiger partial charge in [-0.3, -0.25) is 0 Å². The van der Waals surface area contributed by atoms with E-state index in [0.717, 1.165) is 5.33 Å². The molecule has 0 aliphatic heterocycles. The van der Waals surface area contributed by atoms with Gasteiger partial charge in [0, 0.05) is 10.2 Å². The molecule has 0 rings (SSSR count). The molecule has 0 aromatic heterocycles. The number of hydrogen-bond donors (Lipinski definition) is 0. The Morgan fingerprint density at radius 3 is 2.46 bits per heavy atom. The molecule has 0 spiro atoms. The van der Waals surface area contributed by atoms with Crippen LogP contribution in [0.3, 0.4) is 0 Å². The lowest BCUT2D eigenvalue weighted by Crippen LogP contribution is -1.92. The highest BCUT2D eigenvalue weighted by Crippen LogP contribution is 2.13. The van der Waals surface area contributed by atoms with Gasteiger partial charge in [0.1, 0.15) is 0 Å². The SMILES string of the molecule is CCCCCCCC(Br)C=CCBr. The highest BCUT2D eigenvalue weighted by atomic mass is 79.9. The fraction of sp³-hybridized carbons (Fsp3) is 0.818. The fourth-order valence-corrected chi connectivity index (χ4v) is 1.99. The quantitative estimate of drug-likeness (QED) is 0.334. The third kappa shape index (κ3) is 10.6. The monoisotopic (exact) mass is 310 g/mol. The lowest BCUT2D eigenvalue weighted by Gasteiger charge is -2.03. The van der Waals surface area contributed by atoms with Crippen LogP contribution in [0.5, 0.6) is 0 Å². The average molecular weight is 312 g/mol. The second kappa shape index (κ2) is 10.8. The molecule has 1 atom stereocenters. The van der Waals surface area contributed by atoms with Crippen LogP contribution in [-0.2, 0) is 0 Å². The molecule has 0 nitrogen and oxygen atoms in total. The molecule has 0 aliphatic rings. The minimum Gasteiger partial charge on any atom is -0.0883 e. The van der Waals surface area contributed by atoms with Crippen molar-refractivity contribution in [2.75, 3.05) is 5.33 Å². The molecule has 0 aromatic carbocycles. The normalized spacial score (nSPS) is 13.8. The fourth-order valence-electron chi connectivity index (χ4n) is 1.24. The van der Waals surface area contributed by atoms with Crippen molar-refractivity contribution < 1.29 is 0 Å². The van der Waals surface area contributed by atoms with Crippen LogP contribution < -0.4 is 0 Å². The summed E-state index contributed by atoms with van der Waals surface area (Å²) in [6, 6.07) is 0. The predicted octanol–water partition coefficient (Wildman–Crippen LogP) is 5.06. The summed E-state index contributed by atoms with van der Waals surface area (Å²) in [5.74, 6) is 0. The zero-order chi connectivity index (χ0) is 9.94. The Balaban J connectivity index is 3.16. The second-order valence-corrected chi connectivity index (χ2v) is 5.12. The van der Waals surface area contributed by atoms with E-state index in [1.165, 1.54) is 38.5 Å². The van der Waals surface area contributed by atoms with E-state index in [2.05, 4.69) is 50.9 Å². The van der Waals surface area contributed by atoms with Gasteiger partial charge in [-0.25, -0.2) is 0 Å². The molecule has 0 aromatic rings. The van der Waals surface area contributed by atoms with Gasteiger partial charge in [-0.1, -0.05) is 83.0 Å². The summed E-state index contributed by atoms with van der Waals surface area (Å²) in [5, 5.41) is 0.963. The second-order valence-electron chi connectivity index (χ2n) is 3.30. The van der Waals surface area contributed by atoms with E-state index in [4.69, 9.17) is 0 Å². The van der Waals surface area contributed by atoms with Gasteiger partial charge in [-0.05, 0) is 6.42 Å². The molecule has 0 N–H and O–H groups in total. The van der Waals surface area contributed by atoms with Crippen molar-refractivity contribution in [3.8, 4) is 0 Å². The van der Waals surface area contributed by atoms with Crippen LogP contribution in [0.2, 0.25) is 0 Å². The van der Waals surface area contributed by atoms with E-state index in [-0.39, 0.29) is 0 Å². The van der Waals surface area contributed by atoms with Gasteiger partial charge in [-0.15, -0.1) is 0 Å². The topological polar surface area (TPSA) is 0 Å². The van der Waals surface area contributed by atoms with Crippen molar-refractivity contribution in [3.05, 3.63) is 12.2 Å². The Labute approximate surface area is 99.4 Å². The van der Waals surface area contributed by atoms with Gasteiger partial charge < -0.3 is 0 Å². The number of hydrogen-bond acceptors (Lipinski definition) is 0. The zero-order valence-electron chi connectivity index (χ0n) is 8.44. The van der Waals surface area contributed by atoms with Crippen molar-refractivity contribution in [1.29, 1.82) is 0 Å². The first-order valence-electron chi connectivity index (χ1n) is 5.18. The molecular formula is C11H20Br2. The minimum atomic E-state index is 0.576. The van der Waals surface area contributed by atoms with Crippen molar-refractivity contribution in [2.45, 2.75) is 50.3 Å². The molecule has 1 unspecified atom stereocenters. The van der Waals surface area contributed by atoms with Gasteiger partial charge >= 0.3 is 0 Å². The van der Waals surface area contributed by atoms with Gasteiger partial charge in [0.15, 0.2) is 0 Å². The minimum absolute atomic E-state index is 0.576. The molecule has 0 aliphatic carbocycles. The van der Waals surface area contributed by atoms with Crippen LogP contribution >= 0.6 is 31.9 Å². The van der Waals surface area contributed by atoms with Crippen molar-refractivity contribution in [1.82, 2.24) is 0 Å². The van der Waals surface area contributed by atoms with Crippen LogP contribution in [0.1, 0.15) is 45.4 Å². The Bertz CT molecular complexity index is 121. The molecule has 0 saturated heterocycles. The van der Waals surface area contributed by atoms with Crippen LogP contribution in [0.25, 0.3) is 0 Å². The average Bonchev–Trinajstić information content (AvgIpc) is 2.14. The van der Waals surface area contributed by atoms with Gasteiger partial charge in [-0.2, -0.15) is 0 Å². The summed E-state index contributed by atoms with van der Waals surface area (Å²) < 4.78 is 0. The van der Waals surface area contributed by atoms with E-state index >= 15 is 0 Å². The first kappa shape index (κ1) is 13.7. The number of rotatable bonds is 8. The maximum Gasteiger partial charge on any atom is 0.0325 e. The Hall–Kier alpha value is 0.700. The Morgan fingerprint density at radius 2 is 1.85 bits per heavy atom. The summed E-state index contributed by atoms with van der Waals surface area (Å²) in [6.07, 6.45) is 12.5. The molecule has 0 heterocycles. The summed E-state index contributed by atoms with van der Waals surface area (Å²) >= 11 is 7.01. The molecule has 78 valence electrons. The van der Waals surface area contributed by atoms with Crippen molar-refractivity contribution in [2.24, 2.45) is 0 Å². The van der Waals surface area contributed by atoms with Gasteiger partial charge in [0.05, 0.1) is 0 Å². The third-order valence-corrected chi connectivity index (χ3v) is 3.15. The summed E-state index contributed by atoms with van der Waals surface area (Å²) in [6.45, 7) is 2.26. The van der Waals surface area contributed by atoms with E-state index < -0.39 is 0 Å². The van der Waals surface area contributed by atoms with E-state index in [1.54, 1.807) is 0 Å². The maximum atomic E-state index is 3.64. The molecule has 2 heteroatoms. The lowest BCUT2D eigenvalue weighted by atomic mass is 10.1. The first-order valence-corrected chi connectivity index (χ1v) is 7.21. The highest BCUT2D eigenvalue weighted by molar-refractivity contribution is 9.09. The standard InChI is InChI=1S/C11H20Br2/c1-2-3-4-5-6-8-11(13)9-7-10-12/h7,9,11H,2-6,8,10H2,1H3. The molecular weight excluding hydrogens is 292 g/mol. The Morgan fingerprint density at radius 1 is 1.15 bits per heavy atom. The smallest absolute Gasteiger partial charge is 0.0325 e. The van der Waals surface area contributed by atoms with Crippen molar-refractivity contribution in [3.63, 3.8) is 0 Å². The van der Waals surface area contributed by atoms with E-state index in [9.17, 15) is 0 Å². The molecule has 0 fully saturated rings. The molecule has 0 amide bonds. The zero-order valence-corrected chi connectivity index (χ0v) is 11.6. The number of halogens is 2. The lowest BCUT2D eigenvalue weighted by molar-refractivity contribution is 0.616. The molecule has 0 bridgehead atoms. The summed E-state index contributed by atoms with van der Waals surface area (Å²) in [7, 11) is 0. The summed E-state index contributed by atoms with van der Waals surface area (Å²) in [5.41, 5.74) is 0. The van der Waals surface area contributed by atoms with Gasteiger partial charge in [0.25, 0.3) is 0 Å². The molecule has 13 heavy (non-hydrogen) atoms. The molecule has 0 radical (unpaired) electrons. The maximum absolute atomic E-state index is 3.64. The van der Waals surface area contributed by atoms with Crippen molar-refractivity contribution >= 4 is 31.9 Å². The molecule has 0 saturated carbocycles.